The van der Waals surface area contributed by atoms with Gasteiger partial charge in [0.05, 0.1) is 17.0 Å². The van der Waals surface area contributed by atoms with Crippen LogP contribution in [0.1, 0.15) is 41.1 Å². The van der Waals surface area contributed by atoms with E-state index in [9.17, 15) is 18.3 Å². The maximum absolute atomic E-state index is 12.7. The van der Waals surface area contributed by atoms with Crippen molar-refractivity contribution in [3.63, 3.8) is 0 Å². The summed E-state index contributed by atoms with van der Waals surface area (Å²) in [7, 11) is 0. The highest BCUT2D eigenvalue weighted by atomic mass is 19.4. The van der Waals surface area contributed by atoms with Crippen LogP contribution in [0.4, 0.5) is 13.2 Å². The van der Waals surface area contributed by atoms with E-state index in [1.807, 2.05) is 13.8 Å². The van der Waals surface area contributed by atoms with E-state index in [4.69, 9.17) is 0 Å². The fraction of sp³-hybridized carbons (Fsp3) is 0.400. The van der Waals surface area contributed by atoms with Crippen LogP contribution >= 0.6 is 0 Å². The van der Waals surface area contributed by atoms with Crippen LogP contribution < -0.4 is 0 Å². The number of rotatable bonds is 3. The van der Waals surface area contributed by atoms with Crippen molar-refractivity contribution in [1.29, 1.82) is 0 Å². The molecule has 0 fully saturated rings. The summed E-state index contributed by atoms with van der Waals surface area (Å²) >= 11 is 0. The molecule has 6 heteroatoms. The maximum Gasteiger partial charge on any atom is 0.416 e. The second-order valence-corrected chi connectivity index (χ2v) is 5.00. The van der Waals surface area contributed by atoms with E-state index >= 15 is 0 Å². The van der Waals surface area contributed by atoms with Crippen LogP contribution in [0.3, 0.4) is 0 Å². The first-order valence-corrected chi connectivity index (χ1v) is 6.64. The number of aliphatic hydroxyl groups is 1. The Bertz CT molecular complexity index is 647. The van der Waals surface area contributed by atoms with Gasteiger partial charge in [0.25, 0.3) is 0 Å². The Labute approximate surface area is 121 Å². The van der Waals surface area contributed by atoms with Gasteiger partial charge in [-0.2, -0.15) is 18.3 Å². The van der Waals surface area contributed by atoms with Crippen molar-refractivity contribution in [2.75, 3.05) is 0 Å². The molecule has 0 bridgehead atoms. The number of aryl methyl sites for hydroxylation is 3. The minimum absolute atomic E-state index is 0.402. The monoisotopic (exact) mass is 298 g/mol. The molecule has 2 aromatic rings. The number of halogens is 3. The fourth-order valence-electron chi connectivity index (χ4n) is 2.36. The van der Waals surface area contributed by atoms with E-state index in [1.54, 1.807) is 17.7 Å². The molecule has 0 saturated carbocycles. The highest BCUT2D eigenvalue weighted by Gasteiger charge is 2.31. The summed E-state index contributed by atoms with van der Waals surface area (Å²) in [4.78, 5) is 0. The average molecular weight is 298 g/mol. The molecular weight excluding hydrogens is 281 g/mol. The predicted molar refractivity (Wildman–Crippen MR) is 72.9 cm³/mol. The third-order valence-corrected chi connectivity index (χ3v) is 3.40. The third kappa shape index (κ3) is 3.10. The summed E-state index contributed by atoms with van der Waals surface area (Å²) in [5.74, 6) is 0. The highest BCUT2D eigenvalue weighted by Crippen LogP contribution is 2.33. The maximum atomic E-state index is 12.7. The Hall–Kier alpha value is -1.82. The van der Waals surface area contributed by atoms with Crippen molar-refractivity contribution < 1.29 is 18.3 Å². The predicted octanol–water partition coefficient (Wildman–Crippen LogP) is 3.62. The van der Waals surface area contributed by atoms with Crippen molar-refractivity contribution in [3.05, 3.63) is 52.3 Å². The minimum Gasteiger partial charge on any atom is -0.382 e. The number of hydrogen-bond acceptors (Lipinski definition) is 2. The molecule has 1 aromatic carbocycles. The van der Waals surface area contributed by atoms with Crippen molar-refractivity contribution in [3.8, 4) is 0 Å². The number of aromatic nitrogens is 2. The topological polar surface area (TPSA) is 38.0 Å². The third-order valence-electron chi connectivity index (χ3n) is 3.40. The van der Waals surface area contributed by atoms with Crippen LogP contribution in [0.15, 0.2) is 24.3 Å². The Morgan fingerprint density at radius 1 is 1.24 bits per heavy atom. The van der Waals surface area contributed by atoms with Gasteiger partial charge < -0.3 is 5.11 Å². The number of hydrogen-bond donors (Lipinski definition) is 1. The number of benzene rings is 1. The van der Waals surface area contributed by atoms with Gasteiger partial charge in [-0.25, -0.2) is 0 Å². The van der Waals surface area contributed by atoms with Crippen molar-refractivity contribution in [2.45, 2.75) is 39.6 Å². The number of nitrogens with zero attached hydrogens (tertiary/aromatic N) is 2. The SMILES string of the molecule is CCn1nc(C)cc1C(O)c1ccc(C(F)(F)F)cc1C. The summed E-state index contributed by atoms with van der Waals surface area (Å²) in [6.07, 6.45) is -5.37. The van der Waals surface area contributed by atoms with Gasteiger partial charge in [0.2, 0.25) is 0 Å². The lowest BCUT2D eigenvalue weighted by molar-refractivity contribution is -0.137. The highest BCUT2D eigenvalue weighted by molar-refractivity contribution is 5.37. The zero-order valence-electron chi connectivity index (χ0n) is 12.1. The van der Waals surface area contributed by atoms with E-state index in [2.05, 4.69) is 5.10 Å². The molecule has 1 unspecified atom stereocenters. The van der Waals surface area contributed by atoms with Crippen LogP contribution in [-0.4, -0.2) is 14.9 Å². The molecule has 21 heavy (non-hydrogen) atoms. The lowest BCUT2D eigenvalue weighted by atomic mass is 9.98. The van der Waals surface area contributed by atoms with Crippen LogP contribution in [0.2, 0.25) is 0 Å². The van der Waals surface area contributed by atoms with Gasteiger partial charge in [0, 0.05) is 6.54 Å². The number of aliphatic hydroxyl groups excluding tert-OH is 1. The van der Waals surface area contributed by atoms with Gasteiger partial charge in [-0.05, 0) is 50.1 Å². The zero-order chi connectivity index (χ0) is 15.8. The van der Waals surface area contributed by atoms with Crippen molar-refractivity contribution >= 4 is 0 Å². The Balaban J connectivity index is 2.42. The van der Waals surface area contributed by atoms with Gasteiger partial charge >= 0.3 is 6.18 Å². The van der Waals surface area contributed by atoms with Crippen molar-refractivity contribution in [1.82, 2.24) is 9.78 Å². The van der Waals surface area contributed by atoms with E-state index in [-0.39, 0.29) is 0 Å². The smallest absolute Gasteiger partial charge is 0.382 e. The fourth-order valence-corrected chi connectivity index (χ4v) is 2.36. The van der Waals surface area contributed by atoms with Crippen LogP contribution in [0.25, 0.3) is 0 Å². The van der Waals surface area contributed by atoms with Gasteiger partial charge in [-0.1, -0.05) is 6.07 Å². The number of alkyl halides is 3. The summed E-state index contributed by atoms with van der Waals surface area (Å²) in [5, 5.41) is 14.7. The van der Waals surface area contributed by atoms with E-state index < -0.39 is 17.8 Å². The van der Waals surface area contributed by atoms with Crippen LogP contribution in [0.5, 0.6) is 0 Å². The molecular formula is C15H17F3N2O. The summed E-state index contributed by atoms with van der Waals surface area (Å²) < 4.78 is 39.7. The normalized spacial score (nSPS) is 13.5. The minimum atomic E-state index is -4.38. The summed E-state index contributed by atoms with van der Waals surface area (Å²) in [5.41, 5.74) is 1.49. The molecule has 1 heterocycles. The van der Waals surface area contributed by atoms with E-state index in [0.29, 0.717) is 23.4 Å². The summed E-state index contributed by atoms with van der Waals surface area (Å²) in [6, 6.07) is 5.11. The molecule has 114 valence electrons. The first-order valence-electron chi connectivity index (χ1n) is 6.64. The molecule has 3 nitrogen and oxygen atoms in total. The van der Waals surface area contributed by atoms with Gasteiger partial charge in [0.15, 0.2) is 0 Å². The Morgan fingerprint density at radius 3 is 2.43 bits per heavy atom. The molecule has 0 spiro atoms. The molecule has 0 radical (unpaired) electrons. The lowest BCUT2D eigenvalue weighted by Crippen LogP contribution is -2.11. The second-order valence-electron chi connectivity index (χ2n) is 5.00. The molecule has 1 atom stereocenters. The Kier molecular flexibility index (Phi) is 4.09. The van der Waals surface area contributed by atoms with Gasteiger partial charge in [0.1, 0.15) is 6.10 Å². The lowest BCUT2D eigenvalue weighted by Gasteiger charge is -2.16. The molecule has 0 aliphatic carbocycles. The molecule has 1 N–H and O–H groups in total. The zero-order valence-corrected chi connectivity index (χ0v) is 12.1. The van der Waals surface area contributed by atoms with Gasteiger partial charge in [-0.3, -0.25) is 4.68 Å². The molecule has 2 rings (SSSR count). The van der Waals surface area contributed by atoms with E-state index in [1.165, 1.54) is 6.07 Å². The molecule has 0 amide bonds. The van der Waals surface area contributed by atoms with E-state index in [0.717, 1.165) is 17.8 Å². The quantitative estimate of drug-likeness (QED) is 0.940. The van der Waals surface area contributed by atoms with Crippen LogP contribution in [-0.2, 0) is 12.7 Å². The molecule has 1 aromatic heterocycles. The summed E-state index contributed by atoms with van der Waals surface area (Å²) in [6.45, 7) is 5.84. The molecule has 0 aliphatic rings. The first-order chi connectivity index (χ1) is 9.74. The average Bonchev–Trinajstić information content (AvgIpc) is 2.78. The molecule has 0 saturated heterocycles. The second kappa shape index (κ2) is 5.52. The molecule has 0 aliphatic heterocycles. The standard InChI is InChI=1S/C15H17F3N2O/c1-4-20-13(8-10(3)19-20)14(21)12-6-5-11(7-9(12)2)15(16,17)18/h5-8,14,21H,4H2,1-3H3. The first kappa shape index (κ1) is 15.6. The largest absolute Gasteiger partial charge is 0.416 e. The van der Waals surface area contributed by atoms with Crippen LogP contribution in [0, 0.1) is 13.8 Å². The van der Waals surface area contributed by atoms with Crippen molar-refractivity contribution in [2.24, 2.45) is 0 Å². The van der Waals surface area contributed by atoms with Gasteiger partial charge in [-0.15, -0.1) is 0 Å². The Morgan fingerprint density at radius 2 is 1.90 bits per heavy atom.